The van der Waals surface area contributed by atoms with Gasteiger partial charge in [-0.1, -0.05) is 36.8 Å². The van der Waals surface area contributed by atoms with Gasteiger partial charge in [0.25, 0.3) is 5.09 Å². The van der Waals surface area contributed by atoms with Crippen molar-refractivity contribution in [1.29, 1.82) is 0 Å². The lowest BCUT2D eigenvalue weighted by atomic mass is 9.45. The molecule has 3 fully saturated rings. The monoisotopic (exact) mass is 685 g/mol. The minimum absolute atomic E-state index is 0.0865. The van der Waals surface area contributed by atoms with Crippen LogP contribution in [-0.2, 0) is 44.8 Å². The maximum Gasteiger partial charge on any atom is 0.311 e. The predicted molar refractivity (Wildman–Crippen MR) is 166 cm³/mol. The highest BCUT2D eigenvalue weighted by molar-refractivity contribution is 5.94. The van der Waals surface area contributed by atoms with Crippen LogP contribution in [0.1, 0.15) is 71.8 Å². The molecule has 5 aliphatic rings. The maximum atomic E-state index is 17.6. The molecular weight excluding hydrogens is 645 g/mol. The first-order valence-corrected chi connectivity index (χ1v) is 16.4. The number of ketones is 2. The molecule has 0 bridgehead atoms. The zero-order valence-corrected chi connectivity index (χ0v) is 27.8. The fourth-order valence-corrected chi connectivity index (χ4v) is 9.25. The quantitative estimate of drug-likeness (QED) is 0.123. The average Bonchev–Trinajstić information content (AvgIpc) is 3.44. The number of halogens is 1. The molecule has 2 saturated carbocycles. The number of ether oxygens (including phenoxy) is 4. The third kappa shape index (κ3) is 5.57. The van der Waals surface area contributed by atoms with Crippen molar-refractivity contribution in [3.8, 4) is 5.75 Å². The standard InChI is InChI=1S/C35H40FNO12/c1-31(2)48-28-16-25-24-9-8-21-15-22(38)12-13-32(21,3)34(24,36)26(39)17-33(25,4)35(28,49-31)27(40)19-45-29(41)10-11-30(42)47-23-7-5-6-20(14-23)18-46-37(43)44/h5-8,12-14,24-26,28,39H,9-11,15-19H2,1-4H3/t24?,25-,26-,28+,32-,33-,34-,35+/m0/s1. The summed E-state index contributed by atoms with van der Waals surface area (Å²) in [5.41, 5.74) is -5.03. The Morgan fingerprint density at radius 1 is 1.12 bits per heavy atom. The minimum Gasteiger partial charge on any atom is -0.458 e. The van der Waals surface area contributed by atoms with Crippen LogP contribution >= 0.6 is 0 Å². The van der Waals surface area contributed by atoms with Crippen LogP contribution in [0.5, 0.6) is 5.75 Å². The van der Waals surface area contributed by atoms with Gasteiger partial charge in [-0.15, -0.1) is 10.1 Å². The zero-order valence-electron chi connectivity index (χ0n) is 27.8. The van der Waals surface area contributed by atoms with E-state index in [1.807, 2.05) is 6.08 Å². The highest BCUT2D eigenvalue weighted by Crippen LogP contribution is 2.72. The molecule has 4 aliphatic carbocycles. The number of esters is 2. The molecule has 1 aliphatic heterocycles. The van der Waals surface area contributed by atoms with Crippen molar-refractivity contribution in [2.24, 2.45) is 22.7 Å². The first kappa shape index (κ1) is 34.8. The van der Waals surface area contributed by atoms with Gasteiger partial charge in [0.2, 0.25) is 5.78 Å². The molecule has 1 unspecified atom stereocenters. The van der Waals surface area contributed by atoms with Gasteiger partial charge in [0.15, 0.2) is 29.4 Å². The summed E-state index contributed by atoms with van der Waals surface area (Å²) in [5.74, 6) is -4.57. The second kappa shape index (κ2) is 12.1. The van der Waals surface area contributed by atoms with E-state index in [9.17, 15) is 34.4 Å². The summed E-state index contributed by atoms with van der Waals surface area (Å²) in [4.78, 5) is 66.3. The van der Waals surface area contributed by atoms with Crippen molar-refractivity contribution in [3.63, 3.8) is 0 Å². The Balaban J connectivity index is 1.14. The SMILES string of the molecule is CC1(C)O[C@@H]2C[C@H]3C4CC=C5CC(=O)C=C[C@]5(C)[C@@]4(F)[C@@H](O)C[C@]3(C)[C@]2(C(=O)COC(=O)CCC(=O)Oc2cccc(CO[N+](=O)[O-])c2)O1. The number of aliphatic hydroxyl groups excluding tert-OH is 1. The third-order valence-corrected chi connectivity index (χ3v) is 11.4. The first-order chi connectivity index (χ1) is 22.9. The van der Waals surface area contributed by atoms with Gasteiger partial charge in [-0.2, -0.15) is 0 Å². The Hall–Kier alpha value is -4.01. The number of rotatable bonds is 10. The Kier molecular flexibility index (Phi) is 8.60. The van der Waals surface area contributed by atoms with E-state index in [1.54, 1.807) is 39.8 Å². The molecule has 1 aromatic carbocycles. The Bertz CT molecular complexity index is 1660. The van der Waals surface area contributed by atoms with Crippen LogP contribution in [0.4, 0.5) is 4.39 Å². The molecule has 8 atom stereocenters. The van der Waals surface area contributed by atoms with Crippen LogP contribution < -0.4 is 4.74 Å². The lowest BCUT2D eigenvalue weighted by Crippen LogP contribution is -2.69. The van der Waals surface area contributed by atoms with E-state index in [1.165, 1.54) is 24.3 Å². The number of hydrogen-bond donors (Lipinski definition) is 1. The normalized spacial score (nSPS) is 36.8. The number of carbonyl (C=O) groups excluding carboxylic acids is 4. The molecule has 0 spiro atoms. The van der Waals surface area contributed by atoms with Crippen molar-refractivity contribution in [2.75, 3.05) is 6.61 Å². The van der Waals surface area contributed by atoms with E-state index < -0.39 is 87.8 Å². The van der Waals surface area contributed by atoms with Gasteiger partial charge in [0.05, 0.1) is 25.0 Å². The smallest absolute Gasteiger partial charge is 0.311 e. The number of Topliss-reactive ketones (excluding diaryl/α,β-unsaturated/α-hetero) is 1. The molecular formula is C35H40FNO12. The Morgan fingerprint density at radius 2 is 1.86 bits per heavy atom. The number of fused-ring (bicyclic) bond motifs is 7. The summed E-state index contributed by atoms with van der Waals surface area (Å²) in [7, 11) is 0. The van der Waals surface area contributed by atoms with Gasteiger partial charge >= 0.3 is 11.9 Å². The van der Waals surface area contributed by atoms with E-state index in [2.05, 4.69) is 4.84 Å². The van der Waals surface area contributed by atoms with Gasteiger partial charge in [0.1, 0.15) is 12.4 Å². The van der Waals surface area contributed by atoms with Crippen molar-refractivity contribution < 1.29 is 57.5 Å². The van der Waals surface area contributed by atoms with Crippen molar-refractivity contribution >= 4 is 23.5 Å². The second-order valence-electron chi connectivity index (χ2n) is 14.5. The van der Waals surface area contributed by atoms with Crippen LogP contribution in [0.3, 0.4) is 0 Å². The molecule has 6 rings (SSSR count). The number of hydrogen-bond acceptors (Lipinski definition) is 12. The number of allylic oxidation sites excluding steroid dienone is 4. The molecule has 0 amide bonds. The van der Waals surface area contributed by atoms with Crippen LogP contribution in [0, 0.1) is 32.8 Å². The largest absolute Gasteiger partial charge is 0.458 e. The van der Waals surface area contributed by atoms with E-state index in [-0.39, 0.29) is 50.2 Å². The Morgan fingerprint density at radius 3 is 2.59 bits per heavy atom. The van der Waals surface area contributed by atoms with Crippen molar-refractivity contribution in [1.82, 2.24) is 0 Å². The molecule has 1 N–H and O–H groups in total. The predicted octanol–water partition coefficient (Wildman–Crippen LogP) is 4.06. The fourth-order valence-electron chi connectivity index (χ4n) is 9.25. The molecule has 264 valence electrons. The number of aliphatic hydroxyl groups is 1. The van der Waals surface area contributed by atoms with Gasteiger partial charge in [-0.25, -0.2) is 4.39 Å². The minimum atomic E-state index is -2.11. The van der Waals surface area contributed by atoms with Gasteiger partial charge in [0, 0.05) is 23.2 Å². The summed E-state index contributed by atoms with van der Waals surface area (Å²) in [6.45, 7) is 5.83. The van der Waals surface area contributed by atoms with Gasteiger partial charge in [-0.3, -0.25) is 19.2 Å². The average molecular weight is 686 g/mol. The summed E-state index contributed by atoms with van der Waals surface area (Å²) in [6, 6.07) is 5.92. The molecule has 14 heteroatoms. The van der Waals surface area contributed by atoms with Crippen LogP contribution in [0.25, 0.3) is 0 Å². The van der Waals surface area contributed by atoms with Crippen LogP contribution in [0.15, 0.2) is 48.1 Å². The summed E-state index contributed by atoms with van der Waals surface area (Å²) in [6.07, 6.45) is 2.26. The molecule has 49 heavy (non-hydrogen) atoms. The van der Waals surface area contributed by atoms with Crippen molar-refractivity contribution in [2.45, 2.75) is 102 Å². The fraction of sp³-hybridized carbons (Fsp3) is 0.600. The summed E-state index contributed by atoms with van der Waals surface area (Å²) in [5, 5.41) is 21.2. The number of nitrogens with zero attached hydrogens (tertiary/aromatic N) is 1. The second-order valence-corrected chi connectivity index (χ2v) is 14.5. The van der Waals surface area contributed by atoms with E-state index in [4.69, 9.17) is 18.9 Å². The number of alkyl halides is 1. The topological polar surface area (TPSA) is 178 Å². The van der Waals surface area contributed by atoms with Crippen molar-refractivity contribution in [3.05, 3.63) is 63.7 Å². The molecule has 1 aromatic rings. The number of carbonyl (C=O) groups is 4. The highest BCUT2D eigenvalue weighted by atomic mass is 19.1. The van der Waals surface area contributed by atoms with Crippen LogP contribution in [-0.4, -0.2) is 69.6 Å². The highest BCUT2D eigenvalue weighted by Gasteiger charge is 2.80. The molecule has 1 saturated heterocycles. The van der Waals surface area contributed by atoms with Gasteiger partial charge in [-0.05, 0) is 69.7 Å². The lowest BCUT2D eigenvalue weighted by molar-refractivity contribution is -0.763. The lowest BCUT2D eigenvalue weighted by Gasteiger charge is -2.62. The molecule has 0 radical (unpaired) electrons. The van der Waals surface area contributed by atoms with Crippen LogP contribution in [0.2, 0.25) is 0 Å². The molecule has 13 nitrogen and oxygen atoms in total. The summed E-state index contributed by atoms with van der Waals surface area (Å²) < 4.78 is 40.9. The third-order valence-electron chi connectivity index (χ3n) is 11.4. The molecule has 1 heterocycles. The van der Waals surface area contributed by atoms with E-state index in [0.29, 0.717) is 11.1 Å². The Labute approximate surface area is 281 Å². The zero-order chi connectivity index (χ0) is 35.6. The summed E-state index contributed by atoms with van der Waals surface area (Å²) >= 11 is 0. The van der Waals surface area contributed by atoms with Gasteiger partial charge < -0.3 is 28.9 Å². The van der Waals surface area contributed by atoms with E-state index in [0.717, 1.165) is 0 Å². The van der Waals surface area contributed by atoms with E-state index >= 15 is 4.39 Å². The molecule has 0 aromatic heterocycles. The number of benzene rings is 1. The first-order valence-electron chi connectivity index (χ1n) is 16.4. The maximum absolute atomic E-state index is 17.6.